The molecule has 0 saturated heterocycles. The summed E-state index contributed by atoms with van der Waals surface area (Å²) in [5.74, 6) is 0.960. The molecule has 1 aromatic heterocycles. The Balaban J connectivity index is 2.02. The van der Waals surface area contributed by atoms with E-state index in [9.17, 15) is 0 Å². The zero-order valence-electron chi connectivity index (χ0n) is 8.37. The summed E-state index contributed by atoms with van der Waals surface area (Å²) in [4.78, 5) is 1.23. The summed E-state index contributed by atoms with van der Waals surface area (Å²) in [7, 11) is 0. The minimum Gasteiger partial charge on any atom is -0.488 e. The van der Waals surface area contributed by atoms with Crippen molar-refractivity contribution < 1.29 is 4.74 Å². The first-order valence-electron chi connectivity index (χ1n) is 4.68. The number of ether oxygens (including phenoxy) is 1. The first-order chi connectivity index (χ1) is 7.25. The topological polar surface area (TPSA) is 9.23 Å². The van der Waals surface area contributed by atoms with Gasteiger partial charge in [0.1, 0.15) is 12.4 Å². The van der Waals surface area contributed by atoms with Crippen molar-refractivity contribution in [3.63, 3.8) is 0 Å². The first kappa shape index (κ1) is 10.7. The predicted molar refractivity (Wildman–Crippen MR) is 67.5 cm³/mol. The normalized spacial score (nSPS) is 10.3. The molecule has 0 saturated carbocycles. The van der Waals surface area contributed by atoms with Crippen LogP contribution in [0.4, 0.5) is 0 Å². The van der Waals surface area contributed by atoms with Crippen molar-refractivity contribution in [1.29, 1.82) is 0 Å². The maximum absolute atomic E-state index is 5.73. The van der Waals surface area contributed by atoms with E-state index in [1.165, 1.54) is 10.4 Å². The molecule has 0 spiro atoms. The Morgan fingerprint density at radius 2 is 2.00 bits per heavy atom. The minimum absolute atomic E-state index is 0.640. The highest BCUT2D eigenvalue weighted by Gasteiger charge is 2.00. The summed E-state index contributed by atoms with van der Waals surface area (Å²) in [5, 5.41) is 0. The van der Waals surface area contributed by atoms with Crippen molar-refractivity contribution in [3.8, 4) is 5.75 Å². The van der Waals surface area contributed by atoms with Gasteiger partial charge in [-0.05, 0) is 46.6 Å². The Morgan fingerprint density at radius 1 is 1.20 bits per heavy atom. The van der Waals surface area contributed by atoms with Crippen molar-refractivity contribution in [2.24, 2.45) is 0 Å². The second kappa shape index (κ2) is 4.81. The van der Waals surface area contributed by atoms with Gasteiger partial charge < -0.3 is 4.74 Å². The monoisotopic (exact) mass is 282 g/mol. The van der Waals surface area contributed by atoms with E-state index < -0.39 is 0 Å². The highest BCUT2D eigenvalue weighted by atomic mass is 79.9. The smallest absolute Gasteiger partial charge is 0.122 e. The van der Waals surface area contributed by atoms with E-state index in [-0.39, 0.29) is 0 Å². The molecule has 0 unspecified atom stereocenters. The molecule has 1 aromatic carbocycles. The van der Waals surface area contributed by atoms with Crippen molar-refractivity contribution in [2.45, 2.75) is 13.5 Å². The molecule has 3 heteroatoms. The third-order valence-corrected chi connectivity index (χ3v) is 3.69. The molecule has 0 N–H and O–H groups in total. The van der Waals surface area contributed by atoms with E-state index in [1.807, 2.05) is 24.3 Å². The number of halogens is 1. The van der Waals surface area contributed by atoms with Crippen LogP contribution in [-0.4, -0.2) is 0 Å². The molecule has 78 valence electrons. The predicted octanol–water partition coefficient (Wildman–Crippen LogP) is 4.40. The number of aryl methyl sites for hydroxylation is 1. The molecule has 2 aromatic rings. The SMILES string of the molecule is Cc1ccccc1OCc1ccc(Br)s1. The second-order valence-corrected chi connectivity index (χ2v) is 5.81. The Bertz CT molecular complexity index is 450. The Kier molecular flexibility index (Phi) is 3.44. The standard InChI is InChI=1S/C12H11BrOS/c1-9-4-2-3-5-11(9)14-8-10-6-7-12(13)15-10/h2-7H,8H2,1H3. The molecule has 15 heavy (non-hydrogen) atoms. The van der Waals surface area contributed by atoms with Crippen LogP contribution < -0.4 is 4.74 Å². The van der Waals surface area contributed by atoms with Gasteiger partial charge in [-0.2, -0.15) is 0 Å². The van der Waals surface area contributed by atoms with Crippen LogP contribution in [0.1, 0.15) is 10.4 Å². The molecule has 0 atom stereocenters. The number of hydrogen-bond donors (Lipinski definition) is 0. The van der Waals surface area contributed by atoms with Crippen LogP contribution in [0.25, 0.3) is 0 Å². The molecule has 0 aliphatic rings. The molecule has 1 nitrogen and oxygen atoms in total. The lowest BCUT2D eigenvalue weighted by Gasteiger charge is -2.06. The summed E-state index contributed by atoms with van der Waals surface area (Å²) in [5.41, 5.74) is 1.17. The fraction of sp³-hybridized carbons (Fsp3) is 0.167. The van der Waals surface area contributed by atoms with Gasteiger partial charge in [0.25, 0.3) is 0 Å². The maximum Gasteiger partial charge on any atom is 0.122 e. The fourth-order valence-electron chi connectivity index (χ4n) is 1.30. The lowest BCUT2D eigenvalue weighted by molar-refractivity contribution is 0.307. The summed E-state index contributed by atoms with van der Waals surface area (Å²) >= 11 is 5.14. The summed E-state index contributed by atoms with van der Waals surface area (Å²) in [6.07, 6.45) is 0. The molecule has 0 radical (unpaired) electrons. The Labute approximate surface area is 102 Å². The molecule has 0 aliphatic carbocycles. The van der Waals surface area contributed by atoms with Crippen molar-refractivity contribution in [1.82, 2.24) is 0 Å². The van der Waals surface area contributed by atoms with Crippen molar-refractivity contribution >= 4 is 27.3 Å². The number of para-hydroxylation sites is 1. The highest BCUT2D eigenvalue weighted by Crippen LogP contribution is 2.24. The number of rotatable bonds is 3. The molecule has 0 bridgehead atoms. The van der Waals surface area contributed by atoms with Crippen LogP contribution in [0.2, 0.25) is 0 Å². The van der Waals surface area contributed by atoms with E-state index >= 15 is 0 Å². The maximum atomic E-state index is 5.73. The van der Waals surface area contributed by atoms with Gasteiger partial charge in [-0.15, -0.1) is 11.3 Å². The molecule has 1 heterocycles. The van der Waals surface area contributed by atoms with Crippen LogP contribution >= 0.6 is 27.3 Å². The van der Waals surface area contributed by atoms with Crippen LogP contribution in [0, 0.1) is 6.92 Å². The summed E-state index contributed by atoms with van der Waals surface area (Å²) in [6, 6.07) is 12.2. The lowest BCUT2D eigenvalue weighted by Crippen LogP contribution is -1.94. The highest BCUT2D eigenvalue weighted by molar-refractivity contribution is 9.11. The van der Waals surface area contributed by atoms with Gasteiger partial charge in [-0.3, -0.25) is 0 Å². The molecule has 0 amide bonds. The van der Waals surface area contributed by atoms with Crippen LogP contribution in [0.5, 0.6) is 5.75 Å². The minimum atomic E-state index is 0.640. The van der Waals surface area contributed by atoms with Crippen molar-refractivity contribution in [2.75, 3.05) is 0 Å². The van der Waals surface area contributed by atoms with Gasteiger partial charge >= 0.3 is 0 Å². The number of hydrogen-bond acceptors (Lipinski definition) is 2. The van der Waals surface area contributed by atoms with E-state index in [4.69, 9.17) is 4.74 Å². The molecule has 0 aliphatic heterocycles. The molecule has 2 rings (SSSR count). The van der Waals surface area contributed by atoms with E-state index in [1.54, 1.807) is 11.3 Å². The van der Waals surface area contributed by atoms with E-state index in [0.29, 0.717) is 6.61 Å². The molecule has 0 fully saturated rings. The quantitative estimate of drug-likeness (QED) is 0.811. The zero-order chi connectivity index (χ0) is 10.7. The average Bonchev–Trinajstić information content (AvgIpc) is 2.63. The zero-order valence-corrected chi connectivity index (χ0v) is 10.8. The van der Waals surface area contributed by atoms with Crippen molar-refractivity contribution in [3.05, 3.63) is 50.6 Å². The Hall–Kier alpha value is -0.800. The first-order valence-corrected chi connectivity index (χ1v) is 6.29. The van der Waals surface area contributed by atoms with Gasteiger partial charge in [0.15, 0.2) is 0 Å². The third-order valence-electron chi connectivity index (χ3n) is 2.09. The van der Waals surface area contributed by atoms with Gasteiger partial charge in [-0.1, -0.05) is 18.2 Å². The fourth-order valence-corrected chi connectivity index (χ4v) is 2.69. The average molecular weight is 283 g/mol. The number of benzene rings is 1. The largest absolute Gasteiger partial charge is 0.488 e. The van der Waals surface area contributed by atoms with Gasteiger partial charge in [0.2, 0.25) is 0 Å². The summed E-state index contributed by atoms with van der Waals surface area (Å²) in [6.45, 7) is 2.70. The van der Waals surface area contributed by atoms with E-state index in [2.05, 4.69) is 35.0 Å². The van der Waals surface area contributed by atoms with Gasteiger partial charge in [0.05, 0.1) is 3.79 Å². The van der Waals surface area contributed by atoms with Gasteiger partial charge in [0, 0.05) is 4.88 Å². The molecular weight excluding hydrogens is 272 g/mol. The lowest BCUT2D eigenvalue weighted by atomic mass is 10.2. The van der Waals surface area contributed by atoms with Gasteiger partial charge in [-0.25, -0.2) is 0 Å². The number of thiophene rings is 1. The van der Waals surface area contributed by atoms with E-state index in [0.717, 1.165) is 9.54 Å². The third kappa shape index (κ3) is 2.83. The Morgan fingerprint density at radius 3 is 2.67 bits per heavy atom. The van der Waals surface area contributed by atoms with Crippen LogP contribution in [-0.2, 0) is 6.61 Å². The molecular formula is C12H11BrOS. The van der Waals surface area contributed by atoms with Crippen LogP contribution in [0.3, 0.4) is 0 Å². The second-order valence-electron chi connectivity index (χ2n) is 3.26. The van der Waals surface area contributed by atoms with Crippen LogP contribution in [0.15, 0.2) is 40.2 Å². The summed E-state index contributed by atoms with van der Waals surface area (Å²) < 4.78 is 6.87.